The van der Waals surface area contributed by atoms with Crippen LogP contribution in [0.3, 0.4) is 0 Å². The number of ether oxygens (including phenoxy) is 1. The molecule has 2 aromatic heterocycles. The molecule has 3 rings (SSSR count). The molecule has 1 fully saturated rings. The molecule has 10 heteroatoms. The third kappa shape index (κ3) is 4.05. The van der Waals surface area contributed by atoms with E-state index in [1.807, 2.05) is 6.92 Å². The van der Waals surface area contributed by atoms with Gasteiger partial charge in [-0.1, -0.05) is 13.3 Å². The molecule has 0 radical (unpaired) electrons. The van der Waals surface area contributed by atoms with Gasteiger partial charge in [0.1, 0.15) is 0 Å². The summed E-state index contributed by atoms with van der Waals surface area (Å²) in [5.41, 5.74) is 6.88. The Bertz CT molecular complexity index is 703. The van der Waals surface area contributed by atoms with E-state index in [0.717, 1.165) is 39.0 Å². The molecule has 1 unspecified atom stereocenters. The molecule has 0 saturated carbocycles. The summed E-state index contributed by atoms with van der Waals surface area (Å²) in [5, 5.41) is 13.6. The first kappa shape index (κ1) is 19.5. The second kappa shape index (κ2) is 8.50. The maximum atomic E-state index is 10.3. The van der Waals surface area contributed by atoms with Gasteiger partial charge in [0.25, 0.3) is 6.01 Å². The fourth-order valence-electron chi connectivity index (χ4n) is 2.90. The highest BCUT2D eigenvalue weighted by atomic mass is 35.5. The first-order valence-corrected chi connectivity index (χ1v) is 8.43. The van der Waals surface area contributed by atoms with Crippen LogP contribution >= 0.6 is 12.4 Å². The van der Waals surface area contributed by atoms with Crippen LogP contribution in [0.1, 0.15) is 32.9 Å². The number of rotatable bonds is 6. The minimum Gasteiger partial charge on any atom is -0.480 e. The lowest BCUT2D eigenvalue weighted by atomic mass is 10.3. The van der Waals surface area contributed by atoms with Crippen molar-refractivity contribution < 1.29 is 9.84 Å². The van der Waals surface area contributed by atoms with Gasteiger partial charge < -0.3 is 20.9 Å². The van der Waals surface area contributed by atoms with Crippen molar-refractivity contribution in [1.82, 2.24) is 29.7 Å². The number of hydrogen-bond donors (Lipinski definition) is 3. The summed E-state index contributed by atoms with van der Waals surface area (Å²) in [6.07, 6.45) is 1.86. The predicted molar refractivity (Wildman–Crippen MR) is 98.2 cm³/mol. The Balaban J connectivity index is 0.00000225. The van der Waals surface area contributed by atoms with Gasteiger partial charge in [-0.05, 0) is 13.3 Å². The number of fused-ring (bicyclic) bond motifs is 1. The van der Waals surface area contributed by atoms with Gasteiger partial charge in [0, 0.05) is 26.2 Å². The number of aromatic nitrogens is 4. The molecule has 2 aromatic rings. The molecule has 3 heterocycles. The molecule has 0 bridgehead atoms. The van der Waals surface area contributed by atoms with Crippen molar-refractivity contribution in [3.8, 4) is 12.0 Å². The maximum Gasteiger partial charge on any atom is 0.320 e. The van der Waals surface area contributed by atoms with Crippen molar-refractivity contribution in [3.05, 3.63) is 0 Å². The van der Waals surface area contributed by atoms with E-state index in [0.29, 0.717) is 17.8 Å². The van der Waals surface area contributed by atoms with E-state index in [1.165, 1.54) is 0 Å². The Labute approximate surface area is 153 Å². The number of nitrogen functional groups attached to an aromatic ring is 1. The van der Waals surface area contributed by atoms with Crippen molar-refractivity contribution >= 4 is 29.4 Å². The van der Waals surface area contributed by atoms with Crippen LogP contribution in [0.4, 0.5) is 5.82 Å². The summed E-state index contributed by atoms with van der Waals surface area (Å²) in [6, 6.07) is 0.116. The van der Waals surface area contributed by atoms with Crippen LogP contribution in [-0.2, 0) is 0 Å². The molecular formula is C15H26ClN7O2. The van der Waals surface area contributed by atoms with Crippen LogP contribution in [0.15, 0.2) is 0 Å². The smallest absolute Gasteiger partial charge is 0.320 e. The largest absolute Gasteiger partial charge is 0.480 e. The van der Waals surface area contributed by atoms with Crippen LogP contribution in [-0.4, -0.2) is 62.3 Å². The minimum atomic E-state index is -0.109. The van der Waals surface area contributed by atoms with Gasteiger partial charge in [-0.15, -0.1) is 12.4 Å². The molecule has 9 nitrogen and oxygen atoms in total. The second-order valence-electron chi connectivity index (χ2n) is 5.97. The first-order chi connectivity index (χ1) is 11.6. The van der Waals surface area contributed by atoms with E-state index in [1.54, 1.807) is 4.57 Å². The molecule has 0 amide bonds. The van der Waals surface area contributed by atoms with Crippen molar-refractivity contribution in [3.63, 3.8) is 0 Å². The molecule has 25 heavy (non-hydrogen) atoms. The molecule has 0 spiro atoms. The van der Waals surface area contributed by atoms with E-state index in [2.05, 4.69) is 32.1 Å². The lowest BCUT2D eigenvalue weighted by Gasteiger charge is -2.33. The molecular weight excluding hydrogens is 346 g/mol. The van der Waals surface area contributed by atoms with Gasteiger partial charge in [-0.25, -0.2) is 0 Å². The van der Waals surface area contributed by atoms with Crippen molar-refractivity contribution in [2.75, 3.05) is 38.5 Å². The molecule has 0 aliphatic carbocycles. The van der Waals surface area contributed by atoms with Crippen LogP contribution in [0.5, 0.6) is 12.0 Å². The van der Waals surface area contributed by atoms with Crippen LogP contribution in [0.2, 0.25) is 0 Å². The predicted octanol–water partition coefficient (Wildman–Crippen LogP) is 1.14. The van der Waals surface area contributed by atoms with Crippen molar-refractivity contribution in [2.24, 2.45) is 0 Å². The summed E-state index contributed by atoms with van der Waals surface area (Å²) < 4.78 is 7.26. The monoisotopic (exact) mass is 371 g/mol. The van der Waals surface area contributed by atoms with E-state index in [9.17, 15) is 5.11 Å². The number of nitrogens with one attached hydrogen (secondary N) is 1. The highest BCUT2D eigenvalue weighted by Gasteiger charge is 2.25. The van der Waals surface area contributed by atoms with Crippen LogP contribution < -0.4 is 15.8 Å². The zero-order valence-corrected chi connectivity index (χ0v) is 15.4. The Morgan fingerprint density at radius 2 is 2.00 bits per heavy atom. The molecule has 1 aliphatic heterocycles. The number of aromatic hydroxyl groups is 1. The highest BCUT2D eigenvalue weighted by molar-refractivity contribution is 5.85. The first-order valence-electron chi connectivity index (χ1n) is 8.43. The minimum absolute atomic E-state index is 0. The zero-order chi connectivity index (χ0) is 17.1. The van der Waals surface area contributed by atoms with Gasteiger partial charge in [0.05, 0.1) is 12.8 Å². The molecule has 4 N–H and O–H groups in total. The Morgan fingerprint density at radius 1 is 1.28 bits per heavy atom. The zero-order valence-electron chi connectivity index (χ0n) is 14.6. The average molecular weight is 372 g/mol. The Hall–Kier alpha value is -1.84. The molecule has 1 atom stereocenters. The summed E-state index contributed by atoms with van der Waals surface area (Å²) in [5.74, 6) is 0.216. The van der Waals surface area contributed by atoms with Gasteiger partial charge in [0.15, 0.2) is 17.0 Å². The summed E-state index contributed by atoms with van der Waals surface area (Å²) >= 11 is 0. The lowest BCUT2D eigenvalue weighted by Crippen LogP contribution is -2.45. The fourth-order valence-corrected chi connectivity index (χ4v) is 2.90. The van der Waals surface area contributed by atoms with Gasteiger partial charge in [0.2, 0.25) is 0 Å². The van der Waals surface area contributed by atoms with E-state index >= 15 is 0 Å². The third-order valence-corrected chi connectivity index (χ3v) is 4.31. The number of hydrogen-bond acceptors (Lipinski definition) is 8. The number of anilines is 1. The molecule has 1 aliphatic rings. The normalized spacial score (nSPS) is 16.6. The average Bonchev–Trinajstić information content (AvgIpc) is 2.92. The van der Waals surface area contributed by atoms with E-state index < -0.39 is 0 Å². The van der Waals surface area contributed by atoms with Gasteiger partial charge in [-0.3, -0.25) is 9.47 Å². The number of piperazine rings is 1. The van der Waals surface area contributed by atoms with Crippen molar-refractivity contribution in [2.45, 2.75) is 32.9 Å². The highest BCUT2D eigenvalue weighted by Crippen LogP contribution is 2.29. The van der Waals surface area contributed by atoms with Crippen LogP contribution in [0, 0.1) is 0 Å². The quantitative estimate of drug-likeness (QED) is 0.647. The summed E-state index contributed by atoms with van der Waals surface area (Å²) in [6.45, 7) is 8.25. The number of halogens is 1. The maximum absolute atomic E-state index is 10.3. The van der Waals surface area contributed by atoms with E-state index in [4.69, 9.17) is 10.5 Å². The van der Waals surface area contributed by atoms with Crippen LogP contribution in [0.25, 0.3) is 11.2 Å². The molecule has 1 saturated heterocycles. The molecule has 140 valence electrons. The Morgan fingerprint density at radius 3 is 2.68 bits per heavy atom. The van der Waals surface area contributed by atoms with Gasteiger partial charge >= 0.3 is 6.01 Å². The molecule has 0 aromatic carbocycles. The van der Waals surface area contributed by atoms with E-state index in [-0.39, 0.29) is 36.4 Å². The number of nitrogens with two attached hydrogens (primary N) is 1. The number of imidazole rings is 1. The number of unbranched alkanes of at least 4 members (excludes halogenated alkanes) is 1. The van der Waals surface area contributed by atoms with Crippen molar-refractivity contribution in [1.29, 1.82) is 0 Å². The SMILES string of the molecule is CCCCOc1nc(N)c2nc(O)n(C(C)N3CCNCC3)c2n1.Cl. The second-order valence-corrected chi connectivity index (χ2v) is 5.97. The summed E-state index contributed by atoms with van der Waals surface area (Å²) in [7, 11) is 0. The fraction of sp³-hybridized carbons (Fsp3) is 0.667. The third-order valence-electron chi connectivity index (χ3n) is 4.31. The number of nitrogens with zero attached hydrogens (tertiary/aromatic N) is 5. The standard InChI is InChI=1S/C15H25N7O2.ClH/c1-3-4-9-24-14-19-12(16)11-13(20-14)22(15(23)18-11)10(2)21-7-5-17-6-8-21;/h10,17H,3-9H2,1-2H3,(H,18,23)(H2,16,19,20);1H. The van der Waals surface area contributed by atoms with Gasteiger partial charge in [-0.2, -0.15) is 15.0 Å². The topological polar surface area (TPSA) is 114 Å². The Kier molecular flexibility index (Phi) is 6.63. The summed E-state index contributed by atoms with van der Waals surface area (Å²) in [4.78, 5) is 15.0. The lowest BCUT2D eigenvalue weighted by molar-refractivity contribution is 0.130.